The molecule has 2 amide bonds. The number of nitrogens with one attached hydrogen (secondary N) is 1. The van der Waals surface area contributed by atoms with Gasteiger partial charge < -0.3 is 19.7 Å². The average Bonchev–Trinajstić information content (AvgIpc) is 3.41. The van der Waals surface area contributed by atoms with E-state index >= 15 is 0 Å². The number of amides is 2. The predicted octanol–water partition coefficient (Wildman–Crippen LogP) is 3.54. The molecule has 31 heavy (non-hydrogen) atoms. The van der Waals surface area contributed by atoms with Crippen LogP contribution in [0.1, 0.15) is 37.7 Å². The van der Waals surface area contributed by atoms with Crippen molar-refractivity contribution >= 4 is 17.5 Å². The molecule has 2 aliphatic heterocycles. The largest absolute Gasteiger partial charge is 0.486 e. The zero-order valence-corrected chi connectivity index (χ0v) is 17.2. The molecule has 2 fully saturated rings. The highest BCUT2D eigenvalue weighted by Gasteiger charge is 2.41. The van der Waals surface area contributed by atoms with E-state index < -0.39 is 11.5 Å². The topological polar surface area (TPSA) is 67.9 Å². The molecular weight excluding hydrogens is 399 g/mol. The van der Waals surface area contributed by atoms with Gasteiger partial charge in [-0.15, -0.1) is 0 Å². The van der Waals surface area contributed by atoms with Gasteiger partial charge in [0.05, 0.1) is 11.5 Å². The summed E-state index contributed by atoms with van der Waals surface area (Å²) in [6, 6.07) is 11.8. The number of fused-ring (bicyclic) bond motifs is 1. The molecule has 1 saturated carbocycles. The lowest BCUT2D eigenvalue weighted by atomic mass is 9.87. The third-order valence-corrected chi connectivity index (χ3v) is 6.55. The van der Waals surface area contributed by atoms with Gasteiger partial charge in [-0.3, -0.25) is 9.59 Å². The zero-order valence-electron chi connectivity index (χ0n) is 17.2. The fraction of sp³-hybridized carbons (Fsp3) is 0.417. The number of halogens is 1. The van der Waals surface area contributed by atoms with Crippen LogP contribution in [-0.4, -0.2) is 31.6 Å². The number of hydrogen-bond acceptors (Lipinski definition) is 4. The van der Waals surface area contributed by atoms with Gasteiger partial charge in [0.15, 0.2) is 11.5 Å². The number of carbonyl (C=O) groups is 2. The summed E-state index contributed by atoms with van der Waals surface area (Å²) in [7, 11) is 0. The van der Waals surface area contributed by atoms with Gasteiger partial charge in [-0.2, -0.15) is 0 Å². The molecule has 0 spiro atoms. The quantitative estimate of drug-likeness (QED) is 0.815. The fourth-order valence-corrected chi connectivity index (χ4v) is 4.90. The molecule has 1 unspecified atom stereocenters. The molecule has 5 rings (SSSR count). The van der Waals surface area contributed by atoms with E-state index in [2.05, 4.69) is 5.32 Å². The Morgan fingerprint density at radius 1 is 1.03 bits per heavy atom. The summed E-state index contributed by atoms with van der Waals surface area (Å²) in [6.45, 7) is 1.30. The first kappa shape index (κ1) is 19.8. The molecule has 2 aromatic rings. The molecule has 1 atom stereocenters. The normalized spacial score (nSPS) is 21.9. The van der Waals surface area contributed by atoms with Gasteiger partial charge >= 0.3 is 0 Å². The van der Waals surface area contributed by atoms with Gasteiger partial charge in [-0.25, -0.2) is 4.39 Å². The molecule has 6 nitrogen and oxygen atoms in total. The van der Waals surface area contributed by atoms with Crippen molar-refractivity contribution in [3.8, 4) is 11.5 Å². The minimum Gasteiger partial charge on any atom is -0.486 e. The van der Waals surface area contributed by atoms with Gasteiger partial charge in [0.1, 0.15) is 19.0 Å². The second-order valence-corrected chi connectivity index (χ2v) is 8.52. The van der Waals surface area contributed by atoms with Crippen LogP contribution in [0, 0.1) is 11.7 Å². The van der Waals surface area contributed by atoms with Crippen molar-refractivity contribution in [1.29, 1.82) is 0 Å². The minimum absolute atomic E-state index is 0.0842. The van der Waals surface area contributed by atoms with E-state index in [1.54, 1.807) is 29.2 Å². The third-order valence-electron chi connectivity index (χ3n) is 6.55. The number of rotatable bonds is 4. The number of carbonyl (C=O) groups excluding carboxylic acids is 2. The molecule has 1 N–H and O–H groups in total. The molecule has 2 aromatic carbocycles. The summed E-state index contributed by atoms with van der Waals surface area (Å²) >= 11 is 0. The molecule has 3 aliphatic rings. The van der Waals surface area contributed by atoms with Crippen LogP contribution in [0.2, 0.25) is 0 Å². The van der Waals surface area contributed by atoms with Crippen molar-refractivity contribution in [3.05, 3.63) is 53.8 Å². The first-order valence-corrected chi connectivity index (χ1v) is 10.8. The maximum absolute atomic E-state index is 13.4. The van der Waals surface area contributed by atoms with Gasteiger partial charge in [0.25, 0.3) is 0 Å². The van der Waals surface area contributed by atoms with E-state index in [-0.39, 0.29) is 24.1 Å². The molecule has 162 valence electrons. The molecular formula is C24H25FN2O4. The molecule has 0 bridgehead atoms. The van der Waals surface area contributed by atoms with Crippen LogP contribution in [0.15, 0.2) is 42.5 Å². The lowest BCUT2D eigenvalue weighted by molar-refractivity contribution is -0.128. The van der Waals surface area contributed by atoms with Crippen LogP contribution in [0.4, 0.5) is 10.1 Å². The summed E-state index contributed by atoms with van der Waals surface area (Å²) in [5.74, 6) is 0.348. The highest BCUT2D eigenvalue weighted by molar-refractivity contribution is 6.00. The summed E-state index contributed by atoms with van der Waals surface area (Å²) in [5.41, 5.74) is 1.14. The second kappa shape index (κ2) is 7.87. The summed E-state index contributed by atoms with van der Waals surface area (Å²) in [5, 5.41) is 3.23. The van der Waals surface area contributed by atoms with E-state index in [1.165, 1.54) is 12.1 Å². The lowest BCUT2D eigenvalue weighted by Gasteiger charge is -2.32. The summed E-state index contributed by atoms with van der Waals surface area (Å²) in [6.07, 6.45) is 3.81. The number of nitrogens with zero attached hydrogens (tertiary/aromatic N) is 1. The first-order chi connectivity index (χ1) is 15.0. The van der Waals surface area contributed by atoms with Crippen molar-refractivity contribution in [3.63, 3.8) is 0 Å². The van der Waals surface area contributed by atoms with Crippen molar-refractivity contribution in [2.45, 2.75) is 37.6 Å². The Hall–Kier alpha value is -3.09. The van der Waals surface area contributed by atoms with Gasteiger partial charge in [-0.1, -0.05) is 25.0 Å². The van der Waals surface area contributed by atoms with Gasteiger partial charge in [0.2, 0.25) is 11.8 Å². The second-order valence-electron chi connectivity index (χ2n) is 8.52. The van der Waals surface area contributed by atoms with E-state index in [4.69, 9.17) is 9.47 Å². The van der Waals surface area contributed by atoms with E-state index in [0.717, 1.165) is 31.2 Å². The van der Waals surface area contributed by atoms with Crippen LogP contribution in [0.3, 0.4) is 0 Å². The van der Waals surface area contributed by atoms with Crippen LogP contribution >= 0.6 is 0 Å². The Morgan fingerprint density at radius 2 is 1.74 bits per heavy atom. The van der Waals surface area contributed by atoms with Crippen LogP contribution in [0.25, 0.3) is 0 Å². The molecule has 1 aliphatic carbocycles. The maximum atomic E-state index is 13.4. The highest BCUT2D eigenvalue weighted by Crippen LogP contribution is 2.40. The monoisotopic (exact) mass is 424 g/mol. The van der Waals surface area contributed by atoms with Crippen LogP contribution in [0.5, 0.6) is 11.5 Å². The molecule has 2 heterocycles. The van der Waals surface area contributed by atoms with E-state index in [0.29, 0.717) is 36.9 Å². The zero-order chi connectivity index (χ0) is 21.4. The number of hydrogen-bond donors (Lipinski definition) is 1. The standard InChI is InChI=1S/C24H25FN2O4/c25-18-5-3-17(4-6-18)24(9-1-2-10-24)26-23(29)16-13-22(28)27(15-16)19-7-8-20-21(14-19)31-12-11-30-20/h3-8,14,16H,1-2,9-13,15H2,(H,26,29). The average molecular weight is 424 g/mol. The number of ether oxygens (including phenoxy) is 2. The van der Waals surface area contributed by atoms with Crippen molar-refractivity contribution in [2.75, 3.05) is 24.7 Å². The third kappa shape index (κ3) is 3.73. The van der Waals surface area contributed by atoms with Crippen LogP contribution < -0.4 is 19.7 Å². The summed E-state index contributed by atoms with van der Waals surface area (Å²) in [4.78, 5) is 27.5. The Kier molecular flexibility index (Phi) is 5.04. The molecule has 0 radical (unpaired) electrons. The predicted molar refractivity (Wildman–Crippen MR) is 113 cm³/mol. The lowest BCUT2D eigenvalue weighted by Crippen LogP contribution is -2.46. The Bertz CT molecular complexity index is 1000. The molecule has 1 saturated heterocycles. The Balaban J connectivity index is 1.32. The highest BCUT2D eigenvalue weighted by atomic mass is 19.1. The smallest absolute Gasteiger partial charge is 0.227 e. The van der Waals surface area contributed by atoms with Crippen molar-refractivity contribution in [1.82, 2.24) is 5.32 Å². The fourth-order valence-electron chi connectivity index (χ4n) is 4.90. The Morgan fingerprint density at radius 3 is 2.48 bits per heavy atom. The van der Waals surface area contributed by atoms with E-state index in [9.17, 15) is 14.0 Å². The van der Waals surface area contributed by atoms with Gasteiger partial charge in [-0.05, 0) is 42.7 Å². The first-order valence-electron chi connectivity index (χ1n) is 10.8. The van der Waals surface area contributed by atoms with Crippen molar-refractivity contribution in [2.24, 2.45) is 5.92 Å². The van der Waals surface area contributed by atoms with Gasteiger partial charge in [0, 0.05) is 24.7 Å². The number of anilines is 1. The molecule has 7 heteroatoms. The Labute approximate surface area is 180 Å². The molecule has 0 aromatic heterocycles. The SMILES string of the molecule is O=C(NC1(c2ccc(F)cc2)CCCC1)C1CC(=O)N(c2ccc3c(c2)OCCO3)C1. The minimum atomic E-state index is -0.488. The summed E-state index contributed by atoms with van der Waals surface area (Å²) < 4.78 is 24.6. The number of benzene rings is 2. The van der Waals surface area contributed by atoms with Crippen molar-refractivity contribution < 1.29 is 23.5 Å². The maximum Gasteiger partial charge on any atom is 0.227 e. The van der Waals surface area contributed by atoms with Crippen LogP contribution in [-0.2, 0) is 15.1 Å². The van der Waals surface area contributed by atoms with E-state index in [1.807, 2.05) is 6.07 Å².